The van der Waals surface area contributed by atoms with Crippen LogP contribution in [0.2, 0.25) is 20.1 Å². The fraction of sp³-hybridized carbons (Fsp3) is 0. The first-order chi connectivity index (χ1) is 9.70. The van der Waals surface area contributed by atoms with Crippen LogP contribution >= 0.6 is 46.4 Å². The number of hydrogen-bond donors (Lipinski definition) is 2. The molecule has 0 amide bonds. The Labute approximate surface area is 141 Å². The molecule has 9 heteroatoms. The van der Waals surface area contributed by atoms with Gasteiger partial charge in [-0.25, -0.2) is 8.42 Å². The summed E-state index contributed by atoms with van der Waals surface area (Å²) in [4.78, 5) is -0.0659. The van der Waals surface area contributed by atoms with E-state index in [0.29, 0.717) is 5.02 Å². The maximum Gasteiger partial charge on any atom is 0.262 e. The molecular weight excluding hydrogens is 378 g/mol. The summed E-state index contributed by atoms with van der Waals surface area (Å²) < 4.78 is 26.9. The number of sulfonamides is 1. The fourth-order valence-corrected chi connectivity index (χ4v) is 3.90. The molecule has 2 aromatic carbocycles. The van der Waals surface area contributed by atoms with E-state index in [0.717, 1.165) is 0 Å². The second-order valence-corrected chi connectivity index (χ2v) is 7.37. The molecule has 0 bridgehead atoms. The monoisotopic (exact) mass is 384 g/mol. The fourth-order valence-electron chi connectivity index (χ4n) is 1.51. The van der Waals surface area contributed by atoms with Gasteiger partial charge in [0, 0.05) is 5.02 Å². The SMILES string of the molecule is Nc1ccc(S(=O)(=O)Nc2c(Cl)cc(Cl)cc2Cl)cc1Cl. The standard InChI is InChI=1S/C12H8Cl4N2O2S/c13-6-3-9(15)12(10(16)4-6)18-21(19,20)7-1-2-11(17)8(14)5-7/h1-5,18H,17H2. The third-order valence-corrected chi connectivity index (χ3v) is 5.01. The van der Waals surface area contributed by atoms with Crippen LogP contribution in [0.25, 0.3) is 0 Å². The Morgan fingerprint density at radius 3 is 2.00 bits per heavy atom. The Balaban J connectivity index is 2.44. The largest absolute Gasteiger partial charge is 0.398 e. The van der Waals surface area contributed by atoms with Crippen LogP contribution in [-0.2, 0) is 10.0 Å². The Morgan fingerprint density at radius 2 is 1.48 bits per heavy atom. The molecule has 21 heavy (non-hydrogen) atoms. The number of benzene rings is 2. The molecule has 0 spiro atoms. The molecular formula is C12H8Cl4N2O2S. The van der Waals surface area contributed by atoms with Gasteiger partial charge in [-0.05, 0) is 30.3 Å². The Bertz CT molecular complexity index is 786. The van der Waals surface area contributed by atoms with Gasteiger partial charge in [-0.15, -0.1) is 0 Å². The van der Waals surface area contributed by atoms with Crippen molar-refractivity contribution in [3.63, 3.8) is 0 Å². The first-order valence-electron chi connectivity index (χ1n) is 5.43. The number of halogens is 4. The van der Waals surface area contributed by atoms with Crippen LogP contribution < -0.4 is 10.5 Å². The lowest BCUT2D eigenvalue weighted by molar-refractivity contribution is 0.601. The van der Waals surface area contributed by atoms with Crippen LogP contribution in [0.5, 0.6) is 0 Å². The molecule has 4 nitrogen and oxygen atoms in total. The summed E-state index contributed by atoms with van der Waals surface area (Å²) >= 11 is 23.5. The van der Waals surface area contributed by atoms with Gasteiger partial charge in [-0.2, -0.15) is 0 Å². The van der Waals surface area contributed by atoms with Gasteiger partial charge in [-0.1, -0.05) is 46.4 Å². The van der Waals surface area contributed by atoms with Gasteiger partial charge < -0.3 is 5.73 Å². The molecule has 0 radical (unpaired) electrons. The molecule has 0 aliphatic rings. The van der Waals surface area contributed by atoms with Gasteiger partial charge in [0.2, 0.25) is 0 Å². The van der Waals surface area contributed by atoms with Crippen LogP contribution in [0.1, 0.15) is 0 Å². The quantitative estimate of drug-likeness (QED) is 0.753. The van der Waals surface area contributed by atoms with Gasteiger partial charge >= 0.3 is 0 Å². The topological polar surface area (TPSA) is 72.2 Å². The number of hydrogen-bond acceptors (Lipinski definition) is 3. The Kier molecular flexibility index (Phi) is 4.80. The summed E-state index contributed by atoms with van der Waals surface area (Å²) in [5.41, 5.74) is 5.86. The van der Waals surface area contributed by atoms with Crippen molar-refractivity contribution in [1.82, 2.24) is 0 Å². The maximum atomic E-state index is 12.3. The highest BCUT2D eigenvalue weighted by molar-refractivity contribution is 7.92. The average molecular weight is 386 g/mol. The van der Waals surface area contributed by atoms with E-state index in [2.05, 4.69) is 4.72 Å². The highest BCUT2D eigenvalue weighted by Crippen LogP contribution is 2.35. The zero-order valence-electron chi connectivity index (χ0n) is 10.2. The van der Waals surface area contributed by atoms with E-state index in [1.165, 1.54) is 30.3 Å². The number of nitrogen functional groups attached to an aromatic ring is 1. The van der Waals surface area contributed by atoms with E-state index in [1.54, 1.807) is 0 Å². The minimum atomic E-state index is -3.91. The Hall–Kier alpha value is -0.850. The lowest BCUT2D eigenvalue weighted by atomic mass is 10.3. The summed E-state index contributed by atoms with van der Waals surface area (Å²) in [5.74, 6) is 0. The molecule has 0 unspecified atom stereocenters. The van der Waals surface area contributed by atoms with Crippen LogP contribution in [0.15, 0.2) is 35.2 Å². The molecule has 0 atom stereocenters. The summed E-state index contributed by atoms with van der Waals surface area (Å²) in [6.07, 6.45) is 0. The van der Waals surface area contributed by atoms with Crippen molar-refractivity contribution in [1.29, 1.82) is 0 Å². The number of rotatable bonds is 3. The van der Waals surface area contributed by atoms with Crippen molar-refractivity contribution >= 4 is 67.8 Å². The smallest absolute Gasteiger partial charge is 0.262 e. The van der Waals surface area contributed by atoms with Crippen LogP contribution in [0.4, 0.5) is 11.4 Å². The Morgan fingerprint density at radius 1 is 0.905 bits per heavy atom. The lowest BCUT2D eigenvalue weighted by Crippen LogP contribution is -2.13. The molecule has 0 saturated carbocycles. The van der Waals surface area contributed by atoms with Crippen molar-refractivity contribution in [2.75, 3.05) is 10.5 Å². The molecule has 0 aliphatic carbocycles. The predicted molar refractivity (Wildman–Crippen MR) is 88.1 cm³/mol. The minimum absolute atomic E-state index is 0.0377. The van der Waals surface area contributed by atoms with E-state index < -0.39 is 10.0 Å². The van der Waals surface area contributed by atoms with E-state index in [9.17, 15) is 8.42 Å². The second-order valence-electron chi connectivity index (χ2n) is 4.03. The number of anilines is 2. The number of nitrogens with one attached hydrogen (secondary N) is 1. The highest BCUT2D eigenvalue weighted by Gasteiger charge is 2.19. The van der Waals surface area contributed by atoms with E-state index in [1.807, 2.05) is 0 Å². The van der Waals surface area contributed by atoms with Crippen LogP contribution in [0, 0.1) is 0 Å². The first-order valence-corrected chi connectivity index (χ1v) is 8.42. The molecule has 112 valence electrons. The van der Waals surface area contributed by atoms with E-state index >= 15 is 0 Å². The van der Waals surface area contributed by atoms with Crippen molar-refractivity contribution < 1.29 is 8.42 Å². The summed E-state index contributed by atoms with van der Waals surface area (Å²) in [7, 11) is -3.91. The zero-order chi connectivity index (χ0) is 15.8. The third kappa shape index (κ3) is 3.67. The molecule has 2 rings (SSSR count). The van der Waals surface area contributed by atoms with Crippen molar-refractivity contribution in [2.45, 2.75) is 4.90 Å². The first kappa shape index (κ1) is 16.5. The number of nitrogens with two attached hydrogens (primary N) is 1. The third-order valence-electron chi connectivity index (χ3n) is 2.53. The normalized spacial score (nSPS) is 11.4. The molecule has 0 aliphatic heterocycles. The summed E-state index contributed by atoms with van der Waals surface area (Å²) in [6.45, 7) is 0. The molecule has 0 fully saturated rings. The van der Waals surface area contributed by atoms with E-state index in [4.69, 9.17) is 52.1 Å². The predicted octanol–water partition coefficient (Wildman–Crippen LogP) is 4.68. The average Bonchev–Trinajstić information content (AvgIpc) is 2.37. The maximum absolute atomic E-state index is 12.3. The van der Waals surface area contributed by atoms with Crippen molar-refractivity contribution in [3.05, 3.63) is 50.4 Å². The van der Waals surface area contributed by atoms with Crippen molar-refractivity contribution in [2.24, 2.45) is 0 Å². The van der Waals surface area contributed by atoms with Gasteiger partial charge in [0.15, 0.2) is 0 Å². The molecule has 2 aromatic rings. The van der Waals surface area contributed by atoms with Gasteiger partial charge in [0.25, 0.3) is 10.0 Å². The van der Waals surface area contributed by atoms with Crippen LogP contribution in [-0.4, -0.2) is 8.42 Å². The highest BCUT2D eigenvalue weighted by atomic mass is 35.5. The molecule has 0 aromatic heterocycles. The second kappa shape index (κ2) is 6.10. The lowest BCUT2D eigenvalue weighted by Gasteiger charge is -2.12. The minimum Gasteiger partial charge on any atom is -0.398 e. The summed E-state index contributed by atoms with van der Waals surface area (Å²) in [5, 5.41) is 0.588. The zero-order valence-corrected chi connectivity index (χ0v) is 14.0. The van der Waals surface area contributed by atoms with Crippen molar-refractivity contribution in [3.8, 4) is 0 Å². The van der Waals surface area contributed by atoms with Gasteiger partial charge in [-0.3, -0.25) is 4.72 Å². The molecule has 0 heterocycles. The van der Waals surface area contributed by atoms with E-state index in [-0.39, 0.29) is 31.3 Å². The van der Waals surface area contributed by atoms with Gasteiger partial charge in [0.05, 0.1) is 31.3 Å². The van der Waals surface area contributed by atoms with Crippen LogP contribution in [0.3, 0.4) is 0 Å². The van der Waals surface area contributed by atoms with Gasteiger partial charge in [0.1, 0.15) is 0 Å². The molecule has 0 saturated heterocycles. The summed E-state index contributed by atoms with van der Waals surface area (Å²) in [6, 6.07) is 6.70. The molecule has 3 N–H and O–H groups in total.